The van der Waals surface area contributed by atoms with Gasteiger partial charge in [0.25, 0.3) is 0 Å². The maximum Gasteiger partial charge on any atom is -0.0355 e. The SMILES string of the molecule is [CH](CCCCC1CC1)C1CC1. The first-order chi connectivity index (χ1) is 5.45. The number of hydrogen-bond donors (Lipinski definition) is 0. The van der Waals surface area contributed by atoms with Gasteiger partial charge in [0.2, 0.25) is 0 Å². The van der Waals surface area contributed by atoms with Crippen LogP contribution in [0.1, 0.15) is 51.4 Å². The molecule has 2 rings (SSSR count). The lowest BCUT2D eigenvalue weighted by Crippen LogP contribution is -1.82. The zero-order valence-corrected chi connectivity index (χ0v) is 7.39. The first-order valence-corrected chi connectivity index (χ1v) is 5.28. The van der Waals surface area contributed by atoms with E-state index in [1.165, 1.54) is 51.4 Å². The molecule has 0 heterocycles. The van der Waals surface area contributed by atoms with Crippen LogP contribution in [0.5, 0.6) is 0 Å². The lowest BCUT2D eigenvalue weighted by Gasteiger charge is -1.97. The Kier molecular flexibility index (Phi) is 2.50. The van der Waals surface area contributed by atoms with E-state index in [1.807, 2.05) is 0 Å². The van der Waals surface area contributed by atoms with E-state index in [0.29, 0.717) is 0 Å². The van der Waals surface area contributed by atoms with Crippen molar-refractivity contribution in [3.63, 3.8) is 0 Å². The lowest BCUT2D eigenvalue weighted by molar-refractivity contribution is 0.616. The quantitative estimate of drug-likeness (QED) is 0.509. The van der Waals surface area contributed by atoms with Crippen molar-refractivity contribution in [2.24, 2.45) is 11.8 Å². The maximum atomic E-state index is 2.55. The number of hydrogen-bond acceptors (Lipinski definition) is 0. The summed E-state index contributed by atoms with van der Waals surface area (Å²) in [5, 5.41) is 0. The fourth-order valence-electron chi connectivity index (χ4n) is 1.67. The van der Waals surface area contributed by atoms with Crippen molar-refractivity contribution in [1.29, 1.82) is 0 Å². The topological polar surface area (TPSA) is 0 Å². The Morgan fingerprint density at radius 2 is 1.82 bits per heavy atom. The Hall–Kier alpha value is 0. The van der Waals surface area contributed by atoms with Gasteiger partial charge in [0, 0.05) is 0 Å². The summed E-state index contributed by atoms with van der Waals surface area (Å²) in [4.78, 5) is 0. The molecule has 0 atom stereocenters. The van der Waals surface area contributed by atoms with Crippen LogP contribution in [0.2, 0.25) is 0 Å². The average molecular weight is 151 g/mol. The Labute approximate surface area is 70.4 Å². The summed E-state index contributed by atoms with van der Waals surface area (Å²) in [5.41, 5.74) is 0. The van der Waals surface area contributed by atoms with Crippen LogP contribution < -0.4 is 0 Å². The second-order valence-electron chi connectivity index (χ2n) is 4.30. The Balaban J connectivity index is 1.35. The third kappa shape index (κ3) is 3.27. The molecule has 2 aliphatic rings. The van der Waals surface area contributed by atoms with E-state index in [-0.39, 0.29) is 0 Å². The second kappa shape index (κ2) is 3.60. The maximum absolute atomic E-state index is 2.55. The van der Waals surface area contributed by atoms with Crippen molar-refractivity contribution in [1.82, 2.24) is 0 Å². The van der Waals surface area contributed by atoms with Gasteiger partial charge in [-0.2, -0.15) is 0 Å². The van der Waals surface area contributed by atoms with Crippen LogP contribution in [0.25, 0.3) is 0 Å². The predicted octanol–water partition coefficient (Wildman–Crippen LogP) is 3.57. The van der Waals surface area contributed by atoms with Crippen LogP contribution in [-0.4, -0.2) is 0 Å². The van der Waals surface area contributed by atoms with Crippen molar-refractivity contribution in [2.45, 2.75) is 51.4 Å². The highest BCUT2D eigenvalue weighted by molar-refractivity contribution is 4.86. The molecule has 2 fully saturated rings. The highest BCUT2D eigenvalue weighted by Crippen LogP contribution is 2.35. The molecule has 0 aromatic carbocycles. The van der Waals surface area contributed by atoms with Crippen molar-refractivity contribution < 1.29 is 0 Å². The average Bonchev–Trinajstić information content (AvgIpc) is 2.83. The zero-order valence-electron chi connectivity index (χ0n) is 7.39. The standard InChI is InChI=1S/C11H19/c1(2-4-10-6-7-10)3-5-11-8-9-11/h4,10-11H,1-3,5-9H2. The second-order valence-corrected chi connectivity index (χ2v) is 4.30. The molecule has 0 amide bonds. The summed E-state index contributed by atoms with van der Waals surface area (Å²) in [6.45, 7) is 0. The molecule has 0 aromatic rings. The minimum absolute atomic E-state index is 1.04. The summed E-state index contributed by atoms with van der Waals surface area (Å²) in [6.07, 6.45) is 14.5. The molecule has 0 bridgehead atoms. The molecule has 0 N–H and O–H groups in total. The van der Waals surface area contributed by atoms with Crippen LogP contribution in [-0.2, 0) is 0 Å². The van der Waals surface area contributed by atoms with Gasteiger partial charge >= 0.3 is 0 Å². The van der Waals surface area contributed by atoms with Gasteiger partial charge < -0.3 is 0 Å². The first kappa shape index (κ1) is 7.64. The summed E-state index contributed by atoms with van der Waals surface area (Å²) < 4.78 is 0. The van der Waals surface area contributed by atoms with E-state index in [1.54, 1.807) is 0 Å². The zero-order chi connectivity index (χ0) is 7.52. The van der Waals surface area contributed by atoms with Gasteiger partial charge in [-0.25, -0.2) is 0 Å². The molecule has 63 valence electrons. The first-order valence-electron chi connectivity index (χ1n) is 5.28. The number of rotatable bonds is 6. The van der Waals surface area contributed by atoms with Gasteiger partial charge in [0.05, 0.1) is 0 Å². The Morgan fingerprint density at radius 1 is 1.00 bits per heavy atom. The van der Waals surface area contributed by atoms with Gasteiger partial charge in [0.15, 0.2) is 0 Å². The van der Waals surface area contributed by atoms with Gasteiger partial charge in [0.1, 0.15) is 0 Å². The molecule has 1 radical (unpaired) electrons. The number of unbranched alkanes of at least 4 members (excludes halogenated alkanes) is 2. The van der Waals surface area contributed by atoms with Gasteiger partial charge in [-0.05, 0) is 37.5 Å². The minimum Gasteiger partial charge on any atom is -0.0530 e. The van der Waals surface area contributed by atoms with Crippen LogP contribution in [0.3, 0.4) is 0 Å². The van der Waals surface area contributed by atoms with Gasteiger partial charge in [-0.3, -0.25) is 0 Å². The third-order valence-electron chi connectivity index (χ3n) is 2.89. The molecule has 0 aromatic heterocycles. The molecule has 2 saturated carbocycles. The van der Waals surface area contributed by atoms with Crippen molar-refractivity contribution in [3.8, 4) is 0 Å². The Bertz CT molecular complexity index is 95.2. The van der Waals surface area contributed by atoms with Gasteiger partial charge in [-0.15, -0.1) is 0 Å². The Morgan fingerprint density at radius 3 is 2.45 bits per heavy atom. The predicted molar refractivity (Wildman–Crippen MR) is 48.2 cm³/mol. The lowest BCUT2D eigenvalue weighted by atomic mass is 10.1. The smallest absolute Gasteiger partial charge is 0.0355 e. The fourth-order valence-corrected chi connectivity index (χ4v) is 1.67. The van der Waals surface area contributed by atoms with Crippen molar-refractivity contribution in [3.05, 3.63) is 6.42 Å². The molecule has 0 unspecified atom stereocenters. The summed E-state index contributed by atoms with van der Waals surface area (Å²) >= 11 is 0. The molecule has 0 saturated heterocycles. The highest BCUT2D eigenvalue weighted by atomic mass is 14.3. The van der Waals surface area contributed by atoms with E-state index in [9.17, 15) is 0 Å². The van der Waals surface area contributed by atoms with Crippen molar-refractivity contribution in [2.75, 3.05) is 0 Å². The normalized spacial score (nSPS) is 24.0. The molecule has 11 heavy (non-hydrogen) atoms. The highest BCUT2D eigenvalue weighted by Gasteiger charge is 2.21. The van der Waals surface area contributed by atoms with E-state index in [0.717, 1.165) is 11.8 Å². The summed E-state index contributed by atoms with van der Waals surface area (Å²) in [6, 6.07) is 0. The van der Waals surface area contributed by atoms with Crippen LogP contribution in [0, 0.1) is 18.3 Å². The molecule has 0 nitrogen and oxygen atoms in total. The van der Waals surface area contributed by atoms with E-state index < -0.39 is 0 Å². The van der Waals surface area contributed by atoms with Crippen LogP contribution >= 0.6 is 0 Å². The molecule has 0 spiro atoms. The molecule has 0 heteroatoms. The summed E-state index contributed by atoms with van der Waals surface area (Å²) in [5.74, 6) is 2.19. The third-order valence-corrected chi connectivity index (χ3v) is 2.89. The molecule has 2 aliphatic carbocycles. The van der Waals surface area contributed by atoms with E-state index >= 15 is 0 Å². The molecular weight excluding hydrogens is 132 g/mol. The van der Waals surface area contributed by atoms with E-state index in [4.69, 9.17) is 0 Å². The monoisotopic (exact) mass is 151 g/mol. The summed E-state index contributed by atoms with van der Waals surface area (Å²) in [7, 11) is 0. The van der Waals surface area contributed by atoms with Crippen molar-refractivity contribution >= 4 is 0 Å². The molecule has 0 aliphatic heterocycles. The van der Waals surface area contributed by atoms with Crippen LogP contribution in [0.15, 0.2) is 0 Å². The largest absolute Gasteiger partial charge is 0.0530 e. The van der Waals surface area contributed by atoms with Gasteiger partial charge in [-0.1, -0.05) is 32.1 Å². The van der Waals surface area contributed by atoms with Crippen LogP contribution in [0.4, 0.5) is 0 Å². The molecular formula is C11H19. The minimum atomic E-state index is 1.04. The van der Waals surface area contributed by atoms with E-state index in [2.05, 4.69) is 6.42 Å². The fraction of sp³-hybridized carbons (Fsp3) is 0.909.